The summed E-state index contributed by atoms with van der Waals surface area (Å²) in [7, 11) is 0. The van der Waals surface area contributed by atoms with Gasteiger partial charge in [-0.2, -0.15) is 15.4 Å². The number of amides is 2. The summed E-state index contributed by atoms with van der Waals surface area (Å²) in [6.07, 6.45) is 3.32. The van der Waals surface area contributed by atoms with Crippen LogP contribution in [0.5, 0.6) is 0 Å². The maximum Gasteiger partial charge on any atom is 0.340 e. The van der Waals surface area contributed by atoms with Gasteiger partial charge in [-0.1, -0.05) is 38.8 Å². The van der Waals surface area contributed by atoms with Gasteiger partial charge in [-0.15, -0.1) is 5.10 Å². The third-order valence-corrected chi connectivity index (χ3v) is 8.48. The SMILES string of the molecule is CCCC[C@@H](C(=O)Nc1ccc2c(C)c(CC(=O)O)c(=O)oc2c1)n1cc([C@@](C)(NC(=O)c2ccc3n[nH]nc3c2)C(C)C)nn1. The molecule has 0 aliphatic carbocycles. The van der Waals surface area contributed by atoms with E-state index in [4.69, 9.17) is 9.52 Å². The molecule has 0 spiro atoms. The molecule has 0 saturated heterocycles. The Morgan fingerprint density at radius 2 is 1.87 bits per heavy atom. The lowest BCUT2D eigenvalue weighted by Gasteiger charge is -2.33. The predicted molar refractivity (Wildman–Crippen MR) is 169 cm³/mol. The van der Waals surface area contributed by atoms with E-state index in [1.807, 2.05) is 27.7 Å². The second-order valence-corrected chi connectivity index (χ2v) is 11.8. The summed E-state index contributed by atoms with van der Waals surface area (Å²) in [5.41, 5.74) is 1.70. The lowest BCUT2D eigenvalue weighted by Crippen LogP contribution is -2.47. The molecule has 0 fully saturated rings. The normalized spacial score (nSPS) is 13.5. The summed E-state index contributed by atoms with van der Waals surface area (Å²) in [5.74, 6) is -1.88. The van der Waals surface area contributed by atoms with Gasteiger partial charge < -0.3 is 20.2 Å². The Morgan fingerprint density at radius 3 is 2.59 bits per heavy atom. The van der Waals surface area contributed by atoms with Crippen molar-refractivity contribution in [2.45, 2.75) is 71.9 Å². The van der Waals surface area contributed by atoms with E-state index in [9.17, 15) is 19.2 Å². The molecular formula is C32H36N8O6. The number of benzene rings is 2. The lowest BCUT2D eigenvalue weighted by atomic mass is 9.85. The molecule has 2 atom stereocenters. The maximum absolute atomic E-state index is 13.7. The number of H-pyrrole nitrogens is 1. The Labute approximate surface area is 263 Å². The van der Waals surface area contributed by atoms with E-state index in [-0.39, 0.29) is 28.9 Å². The molecule has 0 unspecified atom stereocenters. The van der Waals surface area contributed by atoms with Gasteiger partial charge in [0.15, 0.2) is 0 Å². The van der Waals surface area contributed by atoms with Crippen LogP contribution in [0.1, 0.15) is 80.2 Å². The molecular weight excluding hydrogens is 592 g/mol. The smallest absolute Gasteiger partial charge is 0.340 e. The first-order valence-electron chi connectivity index (χ1n) is 15.1. The highest BCUT2D eigenvalue weighted by molar-refractivity contribution is 5.98. The number of hydrogen-bond donors (Lipinski definition) is 4. The first-order chi connectivity index (χ1) is 21.9. The van der Waals surface area contributed by atoms with Gasteiger partial charge in [0, 0.05) is 22.7 Å². The zero-order chi connectivity index (χ0) is 33.2. The first-order valence-corrected chi connectivity index (χ1v) is 15.1. The highest BCUT2D eigenvalue weighted by atomic mass is 16.4. The molecule has 5 rings (SSSR count). The van der Waals surface area contributed by atoms with Gasteiger partial charge in [0.2, 0.25) is 5.91 Å². The van der Waals surface area contributed by atoms with Gasteiger partial charge >= 0.3 is 11.6 Å². The summed E-state index contributed by atoms with van der Waals surface area (Å²) in [6.45, 7) is 9.49. The second kappa shape index (κ2) is 12.9. The number of carboxylic acid groups (broad SMARTS) is 1. The van der Waals surface area contributed by atoms with Gasteiger partial charge in [-0.05, 0) is 62.1 Å². The third-order valence-electron chi connectivity index (χ3n) is 8.48. The number of carbonyl (C=O) groups is 3. The number of nitrogens with zero attached hydrogens (tertiary/aromatic N) is 5. The van der Waals surface area contributed by atoms with Crippen molar-refractivity contribution in [1.29, 1.82) is 0 Å². The van der Waals surface area contributed by atoms with Crippen LogP contribution in [0.3, 0.4) is 0 Å². The van der Waals surface area contributed by atoms with Crippen LogP contribution in [0.15, 0.2) is 51.8 Å². The summed E-state index contributed by atoms with van der Waals surface area (Å²) in [5, 5.41) is 35.1. The topological polar surface area (TPSA) is 198 Å². The van der Waals surface area contributed by atoms with Crippen molar-refractivity contribution in [3.8, 4) is 0 Å². The minimum absolute atomic E-state index is 0.0824. The van der Waals surface area contributed by atoms with Gasteiger partial charge in [-0.3, -0.25) is 14.4 Å². The number of aryl methyl sites for hydroxylation is 1. The van der Waals surface area contributed by atoms with E-state index in [1.165, 1.54) is 10.7 Å². The number of aliphatic carboxylic acids is 1. The Morgan fingerprint density at radius 1 is 1.11 bits per heavy atom. The highest BCUT2D eigenvalue weighted by Gasteiger charge is 2.36. The van der Waals surface area contributed by atoms with Crippen molar-refractivity contribution >= 4 is 45.5 Å². The third kappa shape index (κ3) is 6.36. The molecule has 2 amide bonds. The molecule has 46 heavy (non-hydrogen) atoms. The number of aromatic amines is 1. The van der Waals surface area contributed by atoms with Crippen molar-refractivity contribution in [3.05, 3.63) is 75.4 Å². The zero-order valence-corrected chi connectivity index (χ0v) is 26.2. The van der Waals surface area contributed by atoms with E-state index < -0.39 is 29.6 Å². The number of rotatable bonds is 12. The Bertz CT molecular complexity index is 1990. The number of nitrogens with one attached hydrogen (secondary N) is 3. The minimum Gasteiger partial charge on any atom is -0.481 e. The number of fused-ring (bicyclic) bond motifs is 2. The van der Waals surface area contributed by atoms with Gasteiger partial charge in [0.1, 0.15) is 28.4 Å². The van der Waals surface area contributed by atoms with Crippen LogP contribution in [-0.2, 0) is 21.5 Å². The molecule has 14 nitrogen and oxygen atoms in total. The van der Waals surface area contributed by atoms with Crippen molar-refractivity contribution in [3.63, 3.8) is 0 Å². The van der Waals surface area contributed by atoms with E-state index in [0.29, 0.717) is 45.3 Å². The molecule has 0 aliphatic heterocycles. The van der Waals surface area contributed by atoms with Gasteiger partial charge in [0.05, 0.1) is 23.7 Å². The molecule has 2 aromatic carbocycles. The van der Waals surface area contributed by atoms with Crippen LogP contribution in [0.2, 0.25) is 0 Å². The minimum atomic E-state index is -1.13. The predicted octanol–water partition coefficient (Wildman–Crippen LogP) is 4.26. The van der Waals surface area contributed by atoms with Crippen LogP contribution in [-0.4, -0.2) is 53.3 Å². The molecule has 240 valence electrons. The molecule has 0 bridgehead atoms. The van der Waals surface area contributed by atoms with Gasteiger partial charge in [0.25, 0.3) is 5.91 Å². The van der Waals surface area contributed by atoms with Crippen molar-refractivity contribution < 1.29 is 23.9 Å². The molecule has 3 heterocycles. The fourth-order valence-corrected chi connectivity index (χ4v) is 5.29. The van der Waals surface area contributed by atoms with E-state index in [2.05, 4.69) is 36.4 Å². The number of hydrogen-bond acceptors (Lipinski definition) is 9. The summed E-state index contributed by atoms with van der Waals surface area (Å²) in [6, 6.07) is 9.23. The summed E-state index contributed by atoms with van der Waals surface area (Å²) >= 11 is 0. The van der Waals surface area contributed by atoms with Crippen LogP contribution in [0, 0.1) is 12.8 Å². The van der Waals surface area contributed by atoms with Crippen LogP contribution in [0.4, 0.5) is 5.69 Å². The summed E-state index contributed by atoms with van der Waals surface area (Å²) < 4.78 is 6.92. The summed E-state index contributed by atoms with van der Waals surface area (Å²) in [4.78, 5) is 50.7. The number of carboxylic acids is 1. The highest BCUT2D eigenvalue weighted by Crippen LogP contribution is 2.30. The lowest BCUT2D eigenvalue weighted by molar-refractivity contribution is -0.136. The van der Waals surface area contributed by atoms with Crippen LogP contribution >= 0.6 is 0 Å². The molecule has 3 aromatic heterocycles. The molecule has 0 saturated carbocycles. The fourth-order valence-electron chi connectivity index (χ4n) is 5.29. The number of aromatic nitrogens is 6. The van der Waals surface area contributed by atoms with Crippen molar-refractivity contribution in [2.24, 2.45) is 5.92 Å². The molecule has 4 N–H and O–H groups in total. The monoisotopic (exact) mass is 628 g/mol. The number of anilines is 1. The van der Waals surface area contributed by atoms with Crippen LogP contribution in [0.25, 0.3) is 22.0 Å². The molecule has 0 radical (unpaired) electrons. The van der Waals surface area contributed by atoms with Crippen molar-refractivity contribution in [1.82, 2.24) is 35.7 Å². The number of carbonyl (C=O) groups excluding carboxylic acids is 2. The largest absolute Gasteiger partial charge is 0.481 e. The molecule has 0 aliphatic rings. The average Bonchev–Trinajstić information content (AvgIpc) is 3.69. The van der Waals surface area contributed by atoms with Crippen LogP contribution < -0.4 is 16.3 Å². The number of unbranched alkanes of at least 4 members (excludes halogenated alkanes) is 1. The maximum atomic E-state index is 13.7. The van der Waals surface area contributed by atoms with Gasteiger partial charge in [-0.25, -0.2) is 9.48 Å². The Balaban J connectivity index is 1.39. The van der Waals surface area contributed by atoms with E-state index in [0.717, 1.165) is 12.8 Å². The second-order valence-electron chi connectivity index (χ2n) is 11.8. The van der Waals surface area contributed by atoms with E-state index >= 15 is 0 Å². The Hall–Kier alpha value is -5.40. The van der Waals surface area contributed by atoms with Crippen molar-refractivity contribution in [2.75, 3.05) is 5.32 Å². The zero-order valence-electron chi connectivity index (χ0n) is 26.2. The first kappa shape index (κ1) is 32.0. The Kier molecular flexibility index (Phi) is 8.98. The average molecular weight is 629 g/mol. The quantitative estimate of drug-likeness (QED) is 0.145. The van der Waals surface area contributed by atoms with E-state index in [1.54, 1.807) is 43.5 Å². The fraction of sp³-hybridized carbons (Fsp3) is 0.375. The molecule has 5 aromatic rings. The standard InChI is InChI=1S/C32H36N8O6/c1-6-7-8-25(30(44)33-20-10-11-21-18(4)22(15-28(41)42)31(45)46-26(21)14-20)40-16-27(37-39-40)32(5,17(2)3)34-29(43)19-9-12-23-24(13-19)36-38-35-23/h9-14,16-17,25H,6-8,15H2,1-5H3,(H,33,44)(H,34,43)(H,41,42)(H,35,36,38)/t25-,32-/m0/s1. The molecule has 14 heteroatoms.